The van der Waals surface area contributed by atoms with Gasteiger partial charge in [-0.2, -0.15) is 34.8 Å². The number of rotatable bonds is 2. The maximum absolute atomic E-state index is 13.0. The molecule has 0 radical (unpaired) electrons. The van der Waals surface area contributed by atoms with Crippen LogP contribution in [0.1, 0.15) is 36.8 Å². The summed E-state index contributed by atoms with van der Waals surface area (Å²) >= 11 is 0.979. The Morgan fingerprint density at radius 3 is 1.79 bits per heavy atom. The number of hydrogen-bond donors (Lipinski definition) is 0. The summed E-state index contributed by atoms with van der Waals surface area (Å²) in [6, 6.07) is 0.232. The molecule has 28 heavy (non-hydrogen) atoms. The number of sulfonamides is 1. The molecule has 2 rings (SSSR count). The number of amidine groups is 1. The fourth-order valence-electron chi connectivity index (χ4n) is 2.72. The second-order valence-electron chi connectivity index (χ2n) is 6.20. The van der Waals surface area contributed by atoms with Crippen LogP contribution in [0.5, 0.6) is 0 Å². The van der Waals surface area contributed by atoms with E-state index in [2.05, 4.69) is 4.40 Å². The molecule has 0 N–H and O–H groups in total. The van der Waals surface area contributed by atoms with Gasteiger partial charge in [0.1, 0.15) is 0 Å². The molecule has 0 saturated carbocycles. The first-order valence-corrected chi connectivity index (χ1v) is 10.9. The third-order valence-electron chi connectivity index (χ3n) is 4.12. The maximum atomic E-state index is 13.0. The molecule has 1 aromatic carbocycles. The van der Waals surface area contributed by atoms with Gasteiger partial charge in [0.15, 0.2) is 5.17 Å². The van der Waals surface area contributed by atoms with Crippen molar-refractivity contribution in [3.63, 3.8) is 0 Å². The van der Waals surface area contributed by atoms with E-state index in [4.69, 9.17) is 0 Å². The topological polar surface area (TPSA) is 49.7 Å². The van der Waals surface area contributed by atoms with E-state index in [1.807, 2.05) is 0 Å². The second kappa shape index (κ2) is 8.52. The van der Waals surface area contributed by atoms with Gasteiger partial charge in [-0.3, -0.25) is 0 Å². The number of likely N-dealkylation sites (tertiary alicyclic amines) is 1. The summed E-state index contributed by atoms with van der Waals surface area (Å²) in [6.45, 7) is 1.04. The molecule has 0 aliphatic carbocycles. The van der Waals surface area contributed by atoms with Crippen LogP contribution in [0, 0.1) is 0 Å². The molecule has 12 heteroatoms. The van der Waals surface area contributed by atoms with E-state index in [1.54, 1.807) is 11.2 Å². The summed E-state index contributed by atoms with van der Waals surface area (Å²) in [6.07, 6.45) is -5.24. The van der Waals surface area contributed by atoms with Crippen molar-refractivity contribution >= 4 is 27.0 Å². The van der Waals surface area contributed by atoms with Gasteiger partial charge in [-0.25, -0.2) is 0 Å². The number of halogens is 6. The van der Waals surface area contributed by atoms with E-state index < -0.39 is 38.4 Å². The molecule has 1 aromatic rings. The monoisotopic (exact) mass is 448 g/mol. The summed E-state index contributed by atoms with van der Waals surface area (Å²) in [4.78, 5) is 0.545. The number of benzene rings is 1. The van der Waals surface area contributed by atoms with Gasteiger partial charge in [0.2, 0.25) is 0 Å². The van der Waals surface area contributed by atoms with Crippen molar-refractivity contribution in [2.24, 2.45) is 4.40 Å². The van der Waals surface area contributed by atoms with Crippen molar-refractivity contribution in [3.8, 4) is 0 Å². The smallest absolute Gasteiger partial charge is 0.351 e. The molecule has 0 bridgehead atoms. The quantitative estimate of drug-likeness (QED) is 0.363. The third kappa shape index (κ3) is 5.79. The van der Waals surface area contributed by atoms with Crippen molar-refractivity contribution in [2.75, 3.05) is 19.3 Å². The second-order valence-corrected chi connectivity index (χ2v) is 8.57. The summed E-state index contributed by atoms with van der Waals surface area (Å²) in [5.41, 5.74) is -3.40. The normalized spacial score (nSPS) is 17.5. The molecule has 1 saturated heterocycles. The Balaban J connectivity index is 2.53. The van der Waals surface area contributed by atoms with Gasteiger partial charge in [0.25, 0.3) is 10.0 Å². The van der Waals surface area contributed by atoms with E-state index in [-0.39, 0.29) is 23.4 Å². The molecule has 158 valence electrons. The minimum absolute atomic E-state index is 0.0490. The largest absolute Gasteiger partial charge is 0.416 e. The lowest BCUT2D eigenvalue weighted by Gasteiger charge is -2.22. The van der Waals surface area contributed by atoms with Crippen LogP contribution in [0.4, 0.5) is 26.3 Å². The zero-order chi connectivity index (χ0) is 21.2. The van der Waals surface area contributed by atoms with Crippen LogP contribution in [0.25, 0.3) is 0 Å². The highest BCUT2D eigenvalue weighted by Gasteiger charge is 2.38. The molecule has 1 aliphatic heterocycles. The van der Waals surface area contributed by atoms with E-state index in [0.717, 1.165) is 37.4 Å². The Hall–Kier alpha value is -1.43. The lowest BCUT2D eigenvalue weighted by molar-refractivity contribution is -0.143. The van der Waals surface area contributed by atoms with Gasteiger partial charge in [-0.05, 0) is 37.3 Å². The minimum Gasteiger partial charge on any atom is -0.351 e. The Bertz CT molecular complexity index is 794. The van der Waals surface area contributed by atoms with Gasteiger partial charge in [0, 0.05) is 13.1 Å². The molecule has 0 unspecified atom stereocenters. The Morgan fingerprint density at radius 2 is 1.39 bits per heavy atom. The van der Waals surface area contributed by atoms with Crippen LogP contribution in [-0.2, 0) is 22.4 Å². The van der Waals surface area contributed by atoms with Crippen LogP contribution in [0.2, 0.25) is 0 Å². The van der Waals surface area contributed by atoms with E-state index >= 15 is 0 Å². The number of nitrogens with zero attached hydrogens (tertiary/aromatic N) is 2. The van der Waals surface area contributed by atoms with Gasteiger partial charge in [-0.1, -0.05) is 24.6 Å². The fraction of sp³-hybridized carbons (Fsp3) is 0.562. The number of hydrogen-bond acceptors (Lipinski definition) is 3. The van der Waals surface area contributed by atoms with E-state index in [9.17, 15) is 34.8 Å². The Labute approximate surface area is 163 Å². The molecule has 1 heterocycles. The van der Waals surface area contributed by atoms with E-state index in [0.29, 0.717) is 13.1 Å². The molecule has 4 nitrogen and oxygen atoms in total. The zero-order valence-electron chi connectivity index (χ0n) is 14.8. The Kier molecular flexibility index (Phi) is 6.95. The number of thioether (sulfide) groups is 1. The molecule has 0 spiro atoms. The first-order valence-electron chi connectivity index (χ1n) is 8.28. The standard InChI is InChI=1S/C16H18F6N2O2S2/c1-27-14(24-6-4-2-3-5-7-24)23-28(25,26)13-9-11(15(17,18)19)8-12(10-13)16(20,21)22/h8-10H,2-7H2,1H3/b23-14-. The SMILES string of the molecule is CS/C(=N\S(=O)(=O)c1cc(C(F)(F)F)cc(C(F)(F)F)c1)N1CCCCCC1. The van der Waals surface area contributed by atoms with Crippen molar-refractivity contribution in [3.05, 3.63) is 29.3 Å². The van der Waals surface area contributed by atoms with Crippen molar-refractivity contribution < 1.29 is 34.8 Å². The third-order valence-corrected chi connectivity index (χ3v) is 6.19. The van der Waals surface area contributed by atoms with Crippen LogP contribution < -0.4 is 0 Å². The first-order chi connectivity index (χ1) is 12.8. The summed E-state index contributed by atoms with van der Waals surface area (Å²) in [5, 5.41) is 0.0490. The van der Waals surface area contributed by atoms with E-state index in [1.165, 1.54) is 0 Å². The van der Waals surface area contributed by atoms with Crippen LogP contribution >= 0.6 is 11.8 Å². The average Bonchev–Trinajstić information content (AvgIpc) is 2.87. The van der Waals surface area contributed by atoms with Gasteiger partial charge >= 0.3 is 12.4 Å². The molecule has 0 amide bonds. The predicted molar refractivity (Wildman–Crippen MR) is 94.6 cm³/mol. The lowest BCUT2D eigenvalue weighted by Crippen LogP contribution is -2.30. The lowest BCUT2D eigenvalue weighted by atomic mass is 10.1. The van der Waals surface area contributed by atoms with Crippen LogP contribution in [0.3, 0.4) is 0 Å². The molecular formula is C16H18F6N2O2S2. The summed E-state index contributed by atoms with van der Waals surface area (Å²) < 4.78 is 106. The van der Waals surface area contributed by atoms with Gasteiger partial charge in [-0.15, -0.1) is 4.40 Å². The van der Waals surface area contributed by atoms with Crippen molar-refractivity contribution in [1.82, 2.24) is 4.90 Å². The maximum Gasteiger partial charge on any atom is 0.416 e. The molecule has 1 aliphatic rings. The highest BCUT2D eigenvalue weighted by atomic mass is 32.2. The predicted octanol–water partition coefficient (Wildman–Crippen LogP) is 5.01. The van der Waals surface area contributed by atoms with Crippen LogP contribution in [0.15, 0.2) is 27.5 Å². The van der Waals surface area contributed by atoms with Crippen molar-refractivity contribution in [2.45, 2.75) is 42.9 Å². The highest BCUT2D eigenvalue weighted by Crippen LogP contribution is 2.37. The first kappa shape index (κ1) is 22.9. The summed E-state index contributed by atoms with van der Waals surface area (Å²) in [5.74, 6) is 0. The van der Waals surface area contributed by atoms with Crippen molar-refractivity contribution in [1.29, 1.82) is 0 Å². The minimum atomic E-state index is -5.14. The Morgan fingerprint density at radius 1 is 0.929 bits per heavy atom. The van der Waals surface area contributed by atoms with Gasteiger partial charge < -0.3 is 4.90 Å². The average molecular weight is 448 g/mol. The molecular weight excluding hydrogens is 430 g/mol. The summed E-state index contributed by atoms with van der Waals surface area (Å²) in [7, 11) is -4.77. The molecule has 0 aromatic heterocycles. The fourth-order valence-corrected chi connectivity index (χ4v) is 4.73. The molecule has 1 fully saturated rings. The highest BCUT2D eigenvalue weighted by molar-refractivity contribution is 8.13. The molecule has 0 atom stereocenters. The zero-order valence-corrected chi connectivity index (χ0v) is 16.4. The van der Waals surface area contributed by atoms with Gasteiger partial charge in [0.05, 0.1) is 16.0 Å². The number of alkyl halides is 6. The van der Waals surface area contributed by atoms with Crippen LogP contribution in [-0.4, -0.2) is 37.8 Å².